The summed E-state index contributed by atoms with van der Waals surface area (Å²) in [5.74, 6) is 0. The van der Waals surface area contributed by atoms with Gasteiger partial charge < -0.3 is 14.8 Å². The van der Waals surface area contributed by atoms with Crippen LogP contribution in [0.1, 0.15) is 26.7 Å². The third-order valence-corrected chi connectivity index (χ3v) is 5.56. The fourth-order valence-electron chi connectivity index (χ4n) is 3.12. The molecule has 2 aliphatic heterocycles. The van der Waals surface area contributed by atoms with Gasteiger partial charge in [-0.3, -0.25) is 0 Å². The van der Waals surface area contributed by atoms with Crippen LogP contribution in [0.5, 0.6) is 0 Å². The molecule has 2 saturated heterocycles. The first-order valence-electron chi connectivity index (χ1n) is 7.51. The summed E-state index contributed by atoms with van der Waals surface area (Å²) in [5, 5.41) is 3.37. The molecule has 0 radical (unpaired) electrons. The van der Waals surface area contributed by atoms with Gasteiger partial charge in [0.2, 0.25) is 0 Å². The molecule has 22 heavy (non-hydrogen) atoms. The average Bonchev–Trinajstić information content (AvgIpc) is 2.85. The third-order valence-electron chi connectivity index (χ3n) is 4.07. The van der Waals surface area contributed by atoms with Gasteiger partial charge in [-0.25, -0.2) is 4.72 Å². The maximum Gasteiger partial charge on any atom is 0.279 e. The van der Waals surface area contributed by atoms with Gasteiger partial charge in [0.15, 0.2) is 0 Å². The van der Waals surface area contributed by atoms with Gasteiger partial charge in [-0.05, 0) is 33.2 Å². The molecule has 2 rings (SSSR count). The molecular formula is C13H28ClN3O4S. The molecule has 2 fully saturated rings. The second-order valence-corrected chi connectivity index (χ2v) is 7.90. The Morgan fingerprint density at radius 3 is 2.50 bits per heavy atom. The summed E-state index contributed by atoms with van der Waals surface area (Å²) in [6, 6.07) is 0. The van der Waals surface area contributed by atoms with E-state index in [1.165, 1.54) is 4.31 Å². The molecule has 2 heterocycles. The van der Waals surface area contributed by atoms with E-state index in [1.54, 1.807) is 7.11 Å². The van der Waals surface area contributed by atoms with Gasteiger partial charge in [0.1, 0.15) is 0 Å². The van der Waals surface area contributed by atoms with Crippen molar-refractivity contribution >= 4 is 22.6 Å². The summed E-state index contributed by atoms with van der Waals surface area (Å²) in [4.78, 5) is 0. The number of halogens is 1. The van der Waals surface area contributed by atoms with Crippen LogP contribution in [0.25, 0.3) is 0 Å². The Morgan fingerprint density at radius 2 is 2.00 bits per heavy atom. The summed E-state index contributed by atoms with van der Waals surface area (Å²) in [7, 11) is -1.84. The van der Waals surface area contributed by atoms with E-state index in [9.17, 15) is 8.42 Å². The lowest BCUT2D eigenvalue weighted by atomic mass is 9.99. The van der Waals surface area contributed by atoms with Crippen LogP contribution in [0.3, 0.4) is 0 Å². The first kappa shape index (κ1) is 20.1. The van der Waals surface area contributed by atoms with Crippen LogP contribution in [-0.2, 0) is 19.7 Å². The maximum atomic E-state index is 12.5. The number of nitrogens with one attached hydrogen (secondary N) is 2. The van der Waals surface area contributed by atoms with Crippen molar-refractivity contribution in [3.8, 4) is 0 Å². The minimum atomic E-state index is -3.49. The van der Waals surface area contributed by atoms with Crippen LogP contribution >= 0.6 is 12.4 Å². The average molecular weight is 358 g/mol. The van der Waals surface area contributed by atoms with E-state index in [4.69, 9.17) is 9.47 Å². The van der Waals surface area contributed by atoms with Gasteiger partial charge in [-0.15, -0.1) is 12.4 Å². The highest BCUT2D eigenvalue weighted by atomic mass is 35.5. The molecule has 3 unspecified atom stereocenters. The molecule has 0 aromatic carbocycles. The largest absolute Gasteiger partial charge is 0.383 e. The van der Waals surface area contributed by atoms with Crippen LogP contribution in [-0.4, -0.2) is 70.4 Å². The first-order chi connectivity index (χ1) is 9.87. The van der Waals surface area contributed by atoms with Crippen molar-refractivity contribution in [2.45, 2.75) is 44.4 Å². The predicted molar refractivity (Wildman–Crippen MR) is 87.6 cm³/mol. The number of methoxy groups -OCH3 is 1. The smallest absolute Gasteiger partial charge is 0.279 e. The lowest BCUT2D eigenvalue weighted by molar-refractivity contribution is -0.0444. The summed E-state index contributed by atoms with van der Waals surface area (Å²) in [5.41, 5.74) is -0.286. The number of hydrogen-bond donors (Lipinski definition) is 2. The Hall–Kier alpha value is 0.0400. The van der Waals surface area contributed by atoms with E-state index in [0.29, 0.717) is 26.2 Å². The van der Waals surface area contributed by atoms with E-state index < -0.39 is 10.2 Å². The molecule has 2 aliphatic rings. The topological polar surface area (TPSA) is 79.9 Å². The minimum Gasteiger partial charge on any atom is -0.383 e. The molecule has 0 spiro atoms. The standard InChI is InChI=1S/C13H27N3O4S.ClH/c1-11-7-16(8-12(2)20-11)21(17,18)15-9-13(10-19-3)5-4-6-14-13;/h11-12,14-15H,4-10H2,1-3H3;1H. The highest BCUT2D eigenvalue weighted by Crippen LogP contribution is 2.20. The molecular weight excluding hydrogens is 330 g/mol. The zero-order valence-electron chi connectivity index (χ0n) is 13.5. The second-order valence-electron chi connectivity index (χ2n) is 6.14. The van der Waals surface area contributed by atoms with Crippen LogP contribution in [0, 0.1) is 0 Å². The number of hydrogen-bond acceptors (Lipinski definition) is 5. The highest BCUT2D eigenvalue weighted by molar-refractivity contribution is 7.87. The summed E-state index contributed by atoms with van der Waals surface area (Å²) in [6.07, 6.45) is 1.79. The van der Waals surface area contributed by atoms with Crippen molar-refractivity contribution in [2.24, 2.45) is 0 Å². The Balaban J connectivity index is 0.00000242. The summed E-state index contributed by atoms with van der Waals surface area (Å²) in [6.45, 7) is 6.33. The summed E-state index contributed by atoms with van der Waals surface area (Å²) < 4.78 is 40.0. The second kappa shape index (κ2) is 8.23. The fraction of sp³-hybridized carbons (Fsp3) is 1.00. The van der Waals surface area contributed by atoms with Gasteiger partial charge in [-0.1, -0.05) is 0 Å². The first-order valence-corrected chi connectivity index (χ1v) is 8.95. The van der Waals surface area contributed by atoms with Crippen molar-refractivity contribution < 1.29 is 17.9 Å². The van der Waals surface area contributed by atoms with Gasteiger partial charge in [0.25, 0.3) is 10.2 Å². The molecule has 132 valence electrons. The number of nitrogens with zero attached hydrogens (tertiary/aromatic N) is 1. The quantitative estimate of drug-likeness (QED) is 0.706. The van der Waals surface area contributed by atoms with Crippen LogP contribution < -0.4 is 10.0 Å². The van der Waals surface area contributed by atoms with Crippen molar-refractivity contribution in [3.63, 3.8) is 0 Å². The SMILES string of the molecule is COCC1(CNS(=O)(=O)N2CC(C)OC(C)C2)CCCN1.Cl. The van der Waals surface area contributed by atoms with Gasteiger partial charge in [-0.2, -0.15) is 12.7 Å². The number of morpholine rings is 1. The molecule has 7 nitrogen and oxygen atoms in total. The van der Waals surface area contributed by atoms with E-state index in [1.807, 2.05) is 13.8 Å². The zero-order valence-corrected chi connectivity index (χ0v) is 15.1. The zero-order chi connectivity index (χ0) is 15.5. The van der Waals surface area contributed by atoms with Crippen molar-refractivity contribution in [2.75, 3.05) is 39.9 Å². The normalized spacial score (nSPS) is 33.6. The highest BCUT2D eigenvalue weighted by Gasteiger charge is 2.37. The lowest BCUT2D eigenvalue weighted by Gasteiger charge is -2.35. The maximum absolute atomic E-state index is 12.5. The van der Waals surface area contributed by atoms with Gasteiger partial charge in [0.05, 0.1) is 24.4 Å². The Kier molecular flexibility index (Phi) is 7.51. The number of rotatable bonds is 6. The molecule has 9 heteroatoms. The summed E-state index contributed by atoms with van der Waals surface area (Å²) >= 11 is 0. The van der Waals surface area contributed by atoms with Gasteiger partial charge >= 0.3 is 0 Å². The molecule has 0 aliphatic carbocycles. The van der Waals surface area contributed by atoms with Crippen molar-refractivity contribution in [1.82, 2.24) is 14.3 Å². The Bertz CT molecular complexity index is 433. The van der Waals surface area contributed by atoms with Crippen molar-refractivity contribution in [3.05, 3.63) is 0 Å². The van der Waals surface area contributed by atoms with Crippen molar-refractivity contribution in [1.29, 1.82) is 0 Å². The Labute approximate surface area is 139 Å². The van der Waals surface area contributed by atoms with Crippen LogP contribution in [0.4, 0.5) is 0 Å². The van der Waals surface area contributed by atoms with E-state index >= 15 is 0 Å². The molecule has 0 bridgehead atoms. The molecule has 0 saturated carbocycles. The molecule has 3 atom stereocenters. The predicted octanol–water partition coefficient (Wildman–Crippen LogP) is 0.120. The van der Waals surface area contributed by atoms with Crippen LogP contribution in [0.2, 0.25) is 0 Å². The monoisotopic (exact) mass is 357 g/mol. The molecule has 0 aromatic heterocycles. The lowest BCUT2D eigenvalue weighted by Crippen LogP contribution is -2.57. The molecule has 0 aromatic rings. The van der Waals surface area contributed by atoms with E-state index in [2.05, 4.69) is 10.0 Å². The fourth-order valence-corrected chi connectivity index (χ4v) is 4.57. The minimum absolute atomic E-state index is 0. The number of ether oxygens (including phenoxy) is 2. The Morgan fingerprint density at radius 1 is 1.36 bits per heavy atom. The molecule has 2 N–H and O–H groups in total. The van der Waals surface area contributed by atoms with E-state index in [-0.39, 0.29) is 30.2 Å². The third kappa shape index (κ3) is 5.02. The van der Waals surface area contributed by atoms with E-state index in [0.717, 1.165) is 19.4 Å². The molecule has 0 amide bonds. The van der Waals surface area contributed by atoms with Gasteiger partial charge in [0, 0.05) is 26.7 Å². The van der Waals surface area contributed by atoms with Crippen LogP contribution in [0.15, 0.2) is 0 Å².